The SMILES string of the molecule is COc1cc(/C=C2\SC(=O)NC2=O)cc(Cl)c1OCC(=O)O. The molecular formula is C13H10ClNO6S. The number of halogens is 1. The topological polar surface area (TPSA) is 102 Å². The molecule has 0 saturated carbocycles. The monoisotopic (exact) mass is 343 g/mol. The molecule has 0 aromatic heterocycles. The third-order valence-electron chi connectivity index (χ3n) is 2.53. The van der Waals surface area contributed by atoms with Gasteiger partial charge in [-0.25, -0.2) is 4.79 Å². The number of nitrogens with one attached hydrogen (secondary N) is 1. The van der Waals surface area contributed by atoms with Crippen molar-refractivity contribution in [2.75, 3.05) is 13.7 Å². The van der Waals surface area contributed by atoms with Crippen LogP contribution < -0.4 is 14.8 Å². The van der Waals surface area contributed by atoms with E-state index in [-0.39, 0.29) is 21.4 Å². The van der Waals surface area contributed by atoms with Crippen LogP contribution in [-0.2, 0) is 9.59 Å². The Morgan fingerprint density at radius 1 is 1.45 bits per heavy atom. The van der Waals surface area contributed by atoms with E-state index in [2.05, 4.69) is 5.32 Å². The van der Waals surface area contributed by atoms with Crippen LogP contribution in [-0.4, -0.2) is 35.9 Å². The van der Waals surface area contributed by atoms with Crippen molar-refractivity contribution < 1.29 is 29.0 Å². The molecule has 2 amide bonds. The van der Waals surface area contributed by atoms with Crippen LogP contribution in [0.3, 0.4) is 0 Å². The third-order valence-corrected chi connectivity index (χ3v) is 3.62. The molecule has 0 unspecified atom stereocenters. The second-order valence-corrected chi connectivity index (χ2v) is 5.49. The number of hydrogen-bond donors (Lipinski definition) is 2. The summed E-state index contributed by atoms with van der Waals surface area (Å²) in [5.41, 5.74) is 0.511. The summed E-state index contributed by atoms with van der Waals surface area (Å²) in [6, 6.07) is 3.00. The molecule has 22 heavy (non-hydrogen) atoms. The van der Waals surface area contributed by atoms with Crippen LogP contribution in [0.1, 0.15) is 5.56 Å². The van der Waals surface area contributed by atoms with E-state index in [0.717, 1.165) is 11.8 Å². The van der Waals surface area contributed by atoms with E-state index in [9.17, 15) is 14.4 Å². The lowest BCUT2D eigenvalue weighted by Gasteiger charge is -2.12. The number of carboxylic acid groups (broad SMARTS) is 1. The smallest absolute Gasteiger partial charge is 0.341 e. The maximum Gasteiger partial charge on any atom is 0.341 e. The van der Waals surface area contributed by atoms with E-state index in [4.69, 9.17) is 26.2 Å². The molecule has 1 aromatic rings. The predicted octanol–water partition coefficient (Wildman–Crippen LogP) is 2.14. The minimum atomic E-state index is -1.15. The van der Waals surface area contributed by atoms with Gasteiger partial charge in [-0.2, -0.15) is 0 Å². The van der Waals surface area contributed by atoms with Crippen LogP contribution in [0.2, 0.25) is 5.02 Å². The highest BCUT2D eigenvalue weighted by molar-refractivity contribution is 8.18. The van der Waals surface area contributed by atoms with Crippen molar-refractivity contribution in [3.05, 3.63) is 27.6 Å². The van der Waals surface area contributed by atoms with Crippen molar-refractivity contribution in [2.24, 2.45) is 0 Å². The summed E-state index contributed by atoms with van der Waals surface area (Å²) in [6.45, 7) is -0.566. The number of benzene rings is 1. The van der Waals surface area contributed by atoms with E-state index < -0.39 is 23.7 Å². The molecule has 0 bridgehead atoms. The number of carbonyl (C=O) groups excluding carboxylic acids is 2. The molecule has 1 fully saturated rings. The second kappa shape index (κ2) is 6.71. The number of carboxylic acids is 1. The summed E-state index contributed by atoms with van der Waals surface area (Å²) >= 11 is 6.82. The van der Waals surface area contributed by atoms with Crippen molar-refractivity contribution in [3.63, 3.8) is 0 Å². The summed E-state index contributed by atoms with van der Waals surface area (Å²) in [6.07, 6.45) is 1.47. The molecule has 1 aliphatic heterocycles. The first-order chi connectivity index (χ1) is 10.4. The minimum Gasteiger partial charge on any atom is -0.493 e. The van der Waals surface area contributed by atoms with Gasteiger partial charge in [0.2, 0.25) is 0 Å². The van der Waals surface area contributed by atoms with Gasteiger partial charge in [0.05, 0.1) is 17.0 Å². The average molecular weight is 344 g/mol. The highest BCUT2D eigenvalue weighted by Gasteiger charge is 2.25. The van der Waals surface area contributed by atoms with E-state index in [1.165, 1.54) is 25.3 Å². The molecule has 2 rings (SSSR count). The molecule has 0 radical (unpaired) electrons. The third kappa shape index (κ3) is 3.71. The van der Waals surface area contributed by atoms with E-state index in [0.29, 0.717) is 5.56 Å². The fourth-order valence-electron chi connectivity index (χ4n) is 1.67. The number of aliphatic carboxylic acids is 1. The lowest BCUT2D eigenvalue weighted by Crippen LogP contribution is -2.17. The Hall–Kier alpha value is -2.19. The van der Waals surface area contributed by atoms with Gasteiger partial charge >= 0.3 is 5.97 Å². The van der Waals surface area contributed by atoms with Gasteiger partial charge in [-0.15, -0.1) is 0 Å². The summed E-state index contributed by atoms with van der Waals surface area (Å²) in [7, 11) is 1.37. The van der Waals surface area contributed by atoms with Gasteiger partial charge < -0.3 is 14.6 Å². The van der Waals surface area contributed by atoms with Crippen LogP contribution in [0, 0.1) is 0 Å². The van der Waals surface area contributed by atoms with Gasteiger partial charge in [0, 0.05) is 0 Å². The fraction of sp³-hybridized carbons (Fsp3) is 0.154. The molecule has 1 aromatic carbocycles. The molecule has 1 aliphatic rings. The quantitative estimate of drug-likeness (QED) is 0.789. The van der Waals surface area contributed by atoms with Gasteiger partial charge in [0.25, 0.3) is 11.1 Å². The Balaban J connectivity index is 2.33. The predicted molar refractivity (Wildman–Crippen MR) is 80.2 cm³/mol. The van der Waals surface area contributed by atoms with Crippen LogP contribution in [0.4, 0.5) is 4.79 Å². The Morgan fingerprint density at radius 3 is 2.73 bits per heavy atom. The van der Waals surface area contributed by atoms with E-state index >= 15 is 0 Å². The maximum atomic E-state index is 11.5. The van der Waals surface area contributed by atoms with Gasteiger partial charge in [0.15, 0.2) is 18.1 Å². The van der Waals surface area contributed by atoms with Crippen LogP contribution in [0.15, 0.2) is 17.0 Å². The van der Waals surface area contributed by atoms with Gasteiger partial charge in [-0.3, -0.25) is 14.9 Å². The maximum absolute atomic E-state index is 11.5. The lowest BCUT2D eigenvalue weighted by atomic mass is 10.2. The van der Waals surface area contributed by atoms with Crippen LogP contribution >= 0.6 is 23.4 Å². The molecule has 2 N–H and O–H groups in total. The normalized spacial score (nSPS) is 15.8. The molecule has 9 heteroatoms. The zero-order chi connectivity index (χ0) is 16.3. The number of carbonyl (C=O) groups is 3. The molecule has 1 heterocycles. The first-order valence-corrected chi connectivity index (χ1v) is 7.07. The Kier molecular flexibility index (Phi) is 4.94. The van der Waals surface area contributed by atoms with Crippen LogP contribution in [0.5, 0.6) is 11.5 Å². The standard InChI is InChI=1S/C13H10ClNO6S/c1-20-8-3-6(4-9-12(18)15-13(19)22-9)2-7(14)11(8)21-5-10(16)17/h2-4H,5H2,1H3,(H,16,17)(H,15,18,19)/b9-4-. The number of rotatable bonds is 5. The zero-order valence-electron chi connectivity index (χ0n) is 11.2. The average Bonchev–Trinajstić information content (AvgIpc) is 2.74. The highest BCUT2D eigenvalue weighted by Crippen LogP contribution is 2.37. The van der Waals surface area contributed by atoms with Gasteiger partial charge in [0.1, 0.15) is 0 Å². The number of hydrogen-bond acceptors (Lipinski definition) is 6. The first-order valence-electron chi connectivity index (χ1n) is 5.87. The minimum absolute atomic E-state index is 0.0910. The molecule has 7 nitrogen and oxygen atoms in total. The first kappa shape index (κ1) is 16.2. The molecular weight excluding hydrogens is 334 g/mol. The Labute approximate surface area is 134 Å². The molecule has 1 saturated heterocycles. The van der Waals surface area contributed by atoms with Gasteiger partial charge in [-0.1, -0.05) is 11.6 Å². The van der Waals surface area contributed by atoms with E-state index in [1.807, 2.05) is 0 Å². The molecule has 0 aliphatic carbocycles. The highest BCUT2D eigenvalue weighted by atomic mass is 35.5. The Morgan fingerprint density at radius 2 is 2.18 bits per heavy atom. The zero-order valence-corrected chi connectivity index (χ0v) is 12.8. The summed E-state index contributed by atoms with van der Waals surface area (Å²) < 4.78 is 10.2. The number of amides is 2. The molecule has 0 spiro atoms. The lowest BCUT2D eigenvalue weighted by molar-refractivity contribution is -0.139. The van der Waals surface area contributed by atoms with Crippen molar-refractivity contribution in [3.8, 4) is 11.5 Å². The van der Waals surface area contributed by atoms with E-state index in [1.54, 1.807) is 0 Å². The number of thioether (sulfide) groups is 1. The molecule has 0 atom stereocenters. The Bertz CT molecular complexity index is 687. The number of methoxy groups -OCH3 is 1. The summed E-state index contributed by atoms with van der Waals surface area (Å²) in [5, 5.41) is 10.4. The summed E-state index contributed by atoms with van der Waals surface area (Å²) in [4.78, 5) is 33.4. The van der Waals surface area contributed by atoms with Crippen LogP contribution in [0.25, 0.3) is 6.08 Å². The van der Waals surface area contributed by atoms with Gasteiger partial charge in [-0.05, 0) is 35.5 Å². The fourth-order valence-corrected chi connectivity index (χ4v) is 2.63. The summed E-state index contributed by atoms with van der Waals surface area (Å²) in [5.74, 6) is -1.33. The van der Waals surface area contributed by atoms with Crippen molar-refractivity contribution in [2.45, 2.75) is 0 Å². The largest absolute Gasteiger partial charge is 0.493 e. The second-order valence-electron chi connectivity index (χ2n) is 4.07. The molecule has 116 valence electrons. The number of imide groups is 1. The van der Waals surface area contributed by atoms with Crippen molar-refractivity contribution in [1.82, 2.24) is 5.32 Å². The van der Waals surface area contributed by atoms with Crippen molar-refractivity contribution in [1.29, 1.82) is 0 Å². The van der Waals surface area contributed by atoms with Crippen molar-refractivity contribution >= 4 is 46.6 Å². The number of ether oxygens (including phenoxy) is 2.